The van der Waals surface area contributed by atoms with Crippen molar-refractivity contribution in [3.8, 4) is 0 Å². The van der Waals surface area contributed by atoms with E-state index in [0.717, 1.165) is 35.1 Å². The molecule has 1 amide bonds. The first-order valence-corrected chi connectivity index (χ1v) is 8.02. The molecule has 0 bridgehead atoms. The number of carbonyl (C=O) groups is 1. The van der Waals surface area contributed by atoms with Gasteiger partial charge in [0.15, 0.2) is 0 Å². The lowest BCUT2D eigenvalue weighted by Crippen LogP contribution is -2.40. The average Bonchev–Trinajstić information content (AvgIpc) is 2.97. The van der Waals surface area contributed by atoms with Crippen LogP contribution in [-0.4, -0.2) is 28.3 Å². The lowest BCUT2D eigenvalue weighted by Gasteiger charge is -2.29. The minimum atomic E-state index is 0.00126. The molecule has 2 heterocycles. The molecule has 1 aromatic carbocycles. The van der Waals surface area contributed by atoms with Gasteiger partial charge in [-0.25, -0.2) is 0 Å². The number of hydrogen-bond acceptors (Lipinski definition) is 3. The van der Waals surface area contributed by atoms with Crippen molar-refractivity contribution in [2.45, 2.75) is 38.8 Å². The molecular weight excluding hydrogens is 290 g/mol. The van der Waals surface area contributed by atoms with Gasteiger partial charge in [0.25, 0.3) is 5.91 Å². The van der Waals surface area contributed by atoms with E-state index in [-0.39, 0.29) is 18.1 Å². The molecule has 2 unspecified atom stereocenters. The van der Waals surface area contributed by atoms with E-state index in [1.165, 1.54) is 0 Å². The normalized spacial score (nSPS) is 21.2. The van der Waals surface area contributed by atoms with E-state index >= 15 is 0 Å². The fourth-order valence-corrected chi connectivity index (χ4v) is 3.03. The number of benzene rings is 1. The number of nitrogens with zero attached hydrogens (tertiary/aromatic N) is 2. The third-order valence-corrected chi connectivity index (χ3v) is 4.57. The molecule has 122 valence electrons. The molecule has 1 saturated heterocycles. The molecule has 0 aliphatic carbocycles. The van der Waals surface area contributed by atoms with Crippen molar-refractivity contribution < 1.29 is 9.53 Å². The minimum Gasteiger partial charge on any atom is -0.373 e. The Bertz CT molecular complexity index is 708. The third kappa shape index (κ3) is 3.45. The zero-order chi connectivity index (χ0) is 16.4. The van der Waals surface area contributed by atoms with Crippen LogP contribution in [-0.2, 0) is 11.8 Å². The van der Waals surface area contributed by atoms with Crippen LogP contribution in [0.4, 0.5) is 0 Å². The smallest absolute Gasteiger partial charge is 0.251 e. The first-order valence-electron chi connectivity index (χ1n) is 8.02. The number of ether oxygens (including phenoxy) is 1. The molecular formula is C18H23N3O2. The van der Waals surface area contributed by atoms with Crippen molar-refractivity contribution in [3.63, 3.8) is 0 Å². The number of nitrogens with one attached hydrogen (secondary N) is 1. The Morgan fingerprint density at radius 2 is 2.22 bits per heavy atom. The first kappa shape index (κ1) is 15.7. The van der Waals surface area contributed by atoms with Crippen LogP contribution in [0.15, 0.2) is 30.6 Å². The second-order valence-corrected chi connectivity index (χ2v) is 6.25. The first-order chi connectivity index (χ1) is 11.0. The maximum Gasteiger partial charge on any atom is 0.251 e. The molecule has 0 saturated carbocycles. The van der Waals surface area contributed by atoms with Crippen LogP contribution < -0.4 is 5.32 Å². The Labute approximate surface area is 136 Å². The Kier molecular flexibility index (Phi) is 4.48. The molecule has 0 spiro atoms. The van der Waals surface area contributed by atoms with E-state index in [4.69, 9.17) is 4.74 Å². The van der Waals surface area contributed by atoms with Gasteiger partial charge in [-0.05, 0) is 43.9 Å². The number of carbonyl (C=O) groups excluding carboxylic acids is 1. The number of amides is 1. The van der Waals surface area contributed by atoms with Gasteiger partial charge >= 0.3 is 0 Å². The predicted molar refractivity (Wildman–Crippen MR) is 88.3 cm³/mol. The van der Waals surface area contributed by atoms with Gasteiger partial charge in [0, 0.05) is 37.0 Å². The van der Waals surface area contributed by atoms with Crippen LogP contribution in [0, 0.1) is 13.8 Å². The Balaban J connectivity index is 1.67. The molecule has 1 aliphatic rings. The molecule has 2 atom stereocenters. The van der Waals surface area contributed by atoms with Crippen LogP contribution >= 0.6 is 0 Å². The quantitative estimate of drug-likeness (QED) is 0.948. The van der Waals surface area contributed by atoms with Crippen LogP contribution in [0.5, 0.6) is 0 Å². The Morgan fingerprint density at radius 3 is 2.96 bits per heavy atom. The molecule has 23 heavy (non-hydrogen) atoms. The van der Waals surface area contributed by atoms with E-state index in [0.29, 0.717) is 6.61 Å². The van der Waals surface area contributed by atoms with Gasteiger partial charge in [-0.1, -0.05) is 12.1 Å². The van der Waals surface area contributed by atoms with Crippen LogP contribution in [0.25, 0.3) is 0 Å². The molecule has 1 aromatic heterocycles. The standard InChI is InChI=1S/C18H23N3O2/c1-12-5-4-6-16(13(12)2)18(22)20-15-7-8-23-17(9-15)14-10-19-21(3)11-14/h4-6,10-11,15,17H,7-9H2,1-3H3,(H,20,22). The molecule has 0 radical (unpaired) electrons. The van der Waals surface area contributed by atoms with Gasteiger partial charge in [0.2, 0.25) is 0 Å². The molecule has 3 rings (SSSR count). The predicted octanol–water partition coefficient (Wildman–Crippen LogP) is 2.69. The highest BCUT2D eigenvalue weighted by Gasteiger charge is 2.26. The van der Waals surface area contributed by atoms with E-state index in [1.54, 1.807) is 4.68 Å². The zero-order valence-electron chi connectivity index (χ0n) is 13.9. The van der Waals surface area contributed by atoms with Gasteiger partial charge < -0.3 is 10.1 Å². The van der Waals surface area contributed by atoms with Crippen molar-refractivity contribution in [1.82, 2.24) is 15.1 Å². The summed E-state index contributed by atoms with van der Waals surface area (Å²) in [6.45, 7) is 4.67. The second kappa shape index (κ2) is 6.54. The third-order valence-electron chi connectivity index (χ3n) is 4.57. The fourth-order valence-electron chi connectivity index (χ4n) is 3.03. The largest absolute Gasteiger partial charge is 0.373 e. The van der Waals surface area contributed by atoms with Gasteiger partial charge in [0.1, 0.15) is 0 Å². The lowest BCUT2D eigenvalue weighted by atomic mass is 9.98. The SMILES string of the molecule is Cc1cccc(C(=O)NC2CCOC(c3cnn(C)c3)C2)c1C. The average molecular weight is 313 g/mol. The van der Waals surface area contributed by atoms with E-state index in [2.05, 4.69) is 10.4 Å². The summed E-state index contributed by atoms with van der Waals surface area (Å²) in [6.07, 6.45) is 5.43. The van der Waals surface area contributed by atoms with Gasteiger partial charge in [-0.3, -0.25) is 9.48 Å². The van der Waals surface area contributed by atoms with E-state index in [1.807, 2.05) is 51.5 Å². The Hall–Kier alpha value is -2.14. The second-order valence-electron chi connectivity index (χ2n) is 6.25. The summed E-state index contributed by atoms with van der Waals surface area (Å²) in [7, 11) is 1.89. The van der Waals surface area contributed by atoms with Crippen molar-refractivity contribution >= 4 is 5.91 Å². The maximum absolute atomic E-state index is 12.6. The summed E-state index contributed by atoms with van der Waals surface area (Å²) >= 11 is 0. The molecule has 2 aromatic rings. The van der Waals surface area contributed by atoms with Crippen LogP contribution in [0.3, 0.4) is 0 Å². The van der Waals surface area contributed by atoms with Crippen LogP contribution in [0.2, 0.25) is 0 Å². The highest BCUT2D eigenvalue weighted by molar-refractivity contribution is 5.96. The Morgan fingerprint density at radius 1 is 1.39 bits per heavy atom. The maximum atomic E-state index is 12.6. The van der Waals surface area contributed by atoms with Gasteiger partial charge in [-0.15, -0.1) is 0 Å². The van der Waals surface area contributed by atoms with Gasteiger partial charge in [-0.2, -0.15) is 5.10 Å². The van der Waals surface area contributed by atoms with Crippen molar-refractivity contribution in [3.05, 3.63) is 52.8 Å². The summed E-state index contributed by atoms with van der Waals surface area (Å²) in [4.78, 5) is 12.6. The minimum absolute atomic E-state index is 0.00126. The highest BCUT2D eigenvalue weighted by atomic mass is 16.5. The van der Waals surface area contributed by atoms with E-state index < -0.39 is 0 Å². The lowest BCUT2D eigenvalue weighted by molar-refractivity contribution is 0.000863. The number of hydrogen-bond donors (Lipinski definition) is 1. The highest BCUT2D eigenvalue weighted by Crippen LogP contribution is 2.28. The van der Waals surface area contributed by atoms with Crippen molar-refractivity contribution in [2.24, 2.45) is 7.05 Å². The van der Waals surface area contributed by atoms with Crippen LogP contribution in [0.1, 0.15) is 46.0 Å². The van der Waals surface area contributed by atoms with E-state index in [9.17, 15) is 4.79 Å². The molecule has 1 aliphatic heterocycles. The summed E-state index contributed by atoms with van der Waals surface area (Å²) in [5, 5.41) is 7.36. The topological polar surface area (TPSA) is 56.1 Å². The monoisotopic (exact) mass is 313 g/mol. The molecule has 1 fully saturated rings. The van der Waals surface area contributed by atoms with Gasteiger partial charge in [0.05, 0.1) is 12.3 Å². The summed E-state index contributed by atoms with van der Waals surface area (Å²) in [5.74, 6) is 0.00281. The molecule has 1 N–H and O–H groups in total. The zero-order valence-corrected chi connectivity index (χ0v) is 13.9. The molecule has 5 nitrogen and oxygen atoms in total. The number of aryl methyl sites for hydroxylation is 2. The number of aromatic nitrogens is 2. The van der Waals surface area contributed by atoms with Crippen molar-refractivity contribution in [2.75, 3.05) is 6.61 Å². The molecule has 5 heteroatoms. The summed E-state index contributed by atoms with van der Waals surface area (Å²) < 4.78 is 7.61. The summed E-state index contributed by atoms with van der Waals surface area (Å²) in [5.41, 5.74) is 4.01. The van der Waals surface area contributed by atoms with Crippen molar-refractivity contribution in [1.29, 1.82) is 0 Å². The summed E-state index contributed by atoms with van der Waals surface area (Å²) in [6, 6.07) is 5.97. The number of rotatable bonds is 3. The fraction of sp³-hybridized carbons (Fsp3) is 0.444.